The molecule has 0 saturated carbocycles. The second kappa shape index (κ2) is 7.53. The second-order valence-corrected chi connectivity index (χ2v) is 7.33. The van der Waals surface area contributed by atoms with Crippen LogP contribution >= 0.6 is 0 Å². The fourth-order valence-corrected chi connectivity index (χ4v) is 4.05. The van der Waals surface area contributed by atoms with Crippen molar-refractivity contribution >= 4 is 16.9 Å². The minimum atomic E-state index is 0.117. The number of likely N-dealkylation sites (tertiary alicyclic amines) is 1. The Morgan fingerprint density at radius 1 is 1.15 bits per heavy atom. The Morgan fingerprint density at radius 2 is 1.89 bits per heavy atom. The number of carbonyl (C=O) groups is 1. The van der Waals surface area contributed by atoms with Crippen molar-refractivity contribution in [1.82, 2.24) is 19.8 Å². The molecule has 4 rings (SSSR count). The van der Waals surface area contributed by atoms with Gasteiger partial charge >= 0.3 is 0 Å². The number of hydrogen-bond donors (Lipinski definition) is 1. The summed E-state index contributed by atoms with van der Waals surface area (Å²) in [6.45, 7) is 4.70. The van der Waals surface area contributed by atoms with E-state index in [1.165, 1.54) is 0 Å². The predicted octanol–water partition coefficient (Wildman–Crippen LogP) is 3.41. The van der Waals surface area contributed by atoms with E-state index in [2.05, 4.69) is 22.0 Å². The van der Waals surface area contributed by atoms with Crippen molar-refractivity contribution in [1.29, 1.82) is 0 Å². The monoisotopic (exact) mass is 362 g/mol. The van der Waals surface area contributed by atoms with Crippen molar-refractivity contribution in [3.8, 4) is 5.69 Å². The number of fused-ring (bicyclic) bond motifs is 1. The summed E-state index contributed by atoms with van der Waals surface area (Å²) in [4.78, 5) is 19.6. The van der Waals surface area contributed by atoms with Gasteiger partial charge in [0.05, 0.1) is 11.0 Å². The van der Waals surface area contributed by atoms with Crippen LogP contribution in [0.5, 0.6) is 0 Å². The number of hydrogen-bond acceptors (Lipinski definition) is 3. The first-order valence-electron chi connectivity index (χ1n) is 9.66. The van der Waals surface area contributed by atoms with Gasteiger partial charge in [-0.25, -0.2) is 4.98 Å². The van der Waals surface area contributed by atoms with Gasteiger partial charge in [-0.2, -0.15) is 0 Å². The van der Waals surface area contributed by atoms with Crippen LogP contribution in [0.1, 0.15) is 29.0 Å². The first-order chi connectivity index (χ1) is 13.2. The summed E-state index contributed by atoms with van der Waals surface area (Å²) in [5.74, 6) is 1.71. The molecule has 5 heteroatoms. The van der Waals surface area contributed by atoms with Crippen LogP contribution in [0.2, 0.25) is 0 Å². The molecule has 0 bridgehead atoms. The molecule has 1 aliphatic rings. The Kier molecular flexibility index (Phi) is 4.94. The van der Waals surface area contributed by atoms with Gasteiger partial charge in [-0.3, -0.25) is 9.36 Å². The third kappa shape index (κ3) is 3.47. The van der Waals surface area contributed by atoms with Crippen LogP contribution in [-0.2, 0) is 0 Å². The molecule has 3 aromatic rings. The zero-order valence-electron chi connectivity index (χ0n) is 16.0. The molecule has 0 spiro atoms. The van der Waals surface area contributed by atoms with Crippen LogP contribution < -0.4 is 5.32 Å². The fraction of sp³-hybridized carbons (Fsp3) is 0.364. The maximum Gasteiger partial charge on any atom is 0.253 e. The molecule has 1 aromatic heterocycles. The Labute approximate surface area is 160 Å². The summed E-state index contributed by atoms with van der Waals surface area (Å²) < 4.78 is 2.13. The topological polar surface area (TPSA) is 50.2 Å². The number of amides is 1. The first-order valence-corrected chi connectivity index (χ1v) is 9.66. The average Bonchev–Trinajstić information content (AvgIpc) is 3.04. The largest absolute Gasteiger partial charge is 0.339 e. The van der Waals surface area contributed by atoms with Crippen LogP contribution in [0.15, 0.2) is 48.5 Å². The molecule has 1 saturated heterocycles. The van der Waals surface area contributed by atoms with Crippen molar-refractivity contribution in [3.05, 3.63) is 59.9 Å². The maximum atomic E-state index is 12.9. The lowest BCUT2D eigenvalue weighted by Gasteiger charge is -2.32. The van der Waals surface area contributed by atoms with Crippen LogP contribution in [0.4, 0.5) is 0 Å². The van der Waals surface area contributed by atoms with E-state index in [0.29, 0.717) is 5.92 Å². The fourth-order valence-electron chi connectivity index (χ4n) is 4.05. The smallest absolute Gasteiger partial charge is 0.253 e. The van der Waals surface area contributed by atoms with Crippen LogP contribution in [0.3, 0.4) is 0 Å². The summed E-state index contributed by atoms with van der Waals surface area (Å²) in [5.41, 5.74) is 3.71. The summed E-state index contributed by atoms with van der Waals surface area (Å²) in [6, 6.07) is 16.1. The normalized spacial score (nSPS) is 15.4. The summed E-state index contributed by atoms with van der Waals surface area (Å²) in [5, 5.41) is 3.24. The highest BCUT2D eigenvalue weighted by Gasteiger charge is 2.23. The zero-order valence-corrected chi connectivity index (χ0v) is 16.0. The molecular formula is C22H26N4O. The lowest BCUT2D eigenvalue weighted by Crippen LogP contribution is -2.40. The average molecular weight is 362 g/mol. The van der Waals surface area contributed by atoms with Crippen molar-refractivity contribution in [3.63, 3.8) is 0 Å². The molecule has 2 heterocycles. The van der Waals surface area contributed by atoms with Gasteiger partial charge in [0.2, 0.25) is 0 Å². The van der Waals surface area contributed by atoms with E-state index in [4.69, 9.17) is 4.98 Å². The highest BCUT2D eigenvalue weighted by Crippen LogP contribution is 2.24. The number of piperidine rings is 1. The van der Waals surface area contributed by atoms with Crippen LogP contribution in [-0.4, -0.2) is 47.0 Å². The quantitative estimate of drug-likeness (QED) is 0.774. The lowest BCUT2D eigenvalue weighted by molar-refractivity contribution is 0.0691. The molecule has 0 radical (unpaired) electrons. The van der Waals surface area contributed by atoms with E-state index in [-0.39, 0.29) is 5.91 Å². The Hall–Kier alpha value is -2.66. The number of benzene rings is 2. The molecule has 2 aromatic carbocycles. The number of rotatable bonds is 4. The number of aryl methyl sites for hydroxylation is 1. The third-order valence-electron chi connectivity index (χ3n) is 5.48. The van der Waals surface area contributed by atoms with Gasteiger partial charge in [0.25, 0.3) is 5.91 Å². The van der Waals surface area contributed by atoms with Gasteiger partial charge in [0, 0.05) is 24.3 Å². The van der Waals surface area contributed by atoms with Crippen molar-refractivity contribution in [2.45, 2.75) is 19.8 Å². The SMILES string of the molecule is CNCC1CCN(C(=O)c2ccc3c(c2)nc(C)n3-c2ccccc2)CC1. The molecule has 27 heavy (non-hydrogen) atoms. The van der Waals surface area contributed by atoms with Crippen molar-refractivity contribution in [2.24, 2.45) is 5.92 Å². The van der Waals surface area contributed by atoms with Crippen LogP contribution in [0.25, 0.3) is 16.7 Å². The molecule has 1 aliphatic heterocycles. The molecule has 0 atom stereocenters. The number of aromatic nitrogens is 2. The summed E-state index contributed by atoms with van der Waals surface area (Å²) >= 11 is 0. The van der Waals surface area contributed by atoms with Gasteiger partial charge in [-0.15, -0.1) is 0 Å². The standard InChI is InChI=1S/C22H26N4O/c1-16-24-20-14-18(22(27)25-12-10-17(11-13-25)15-23-2)8-9-21(20)26(16)19-6-4-3-5-7-19/h3-9,14,17,23H,10-13,15H2,1-2H3. The van der Waals surface area contributed by atoms with E-state index in [9.17, 15) is 4.79 Å². The van der Waals surface area contributed by atoms with E-state index in [0.717, 1.165) is 60.6 Å². The first kappa shape index (κ1) is 17.7. The second-order valence-electron chi connectivity index (χ2n) is 7.33. The molecule has 5 nitrogen and oxygen atoms in total. The minimum absolute atomic E-state index is 0.117. The molecule has 140 valence electrons. The van der Waals surface area contributed by atoms with Crippen molar-refractivity contribution in [2.75, 3.05) is 26.7 Å². The lowest BCUT2D eigenvalue weighted by atomic mass is 9.96. The highest BCUT2D eigenvalue weighted by molar-refractivity contribution is 5.97. The number of nitrogens with one attached hydrogen (secondary N) is 1. The minimum Gasteiger partial charge on any atom is -0.339 e. The van der Waals surface area contributed by atoms with Gasteiger partial charge in [-0.05, 0) is 69.6 Å². The van der Waals surface area contributed by atoms with Crippen molar-refractivity contribution < 1.29 is 4.79 Å². The van der Waals surface area contributed by atoms with E-state index >= 15 is 0 Å². The molecule has 0 unspecified atom stereocenters. The van der Waals surface area contributed by atoms with E-state index in [1.807, 2.05) is 55.3 Å². The zero-order chi connectivity index (χ0) is 18.8. The molecule has 0 aliphatic carbocycles. The summed E-state index contributed by atoms with van der Waals surface area (Å²) in [7, 11) is 1.99. The Bertz CT molecular complexity index is 940. The predicted molar refractivity (Wildman–Crippen MR) is 108 cm³/mol. The molecule has 1 amide bonds. The number of nitrogens with zero attached hydrogens (tertiary/aromatic N) is 3. The summed E-state index contributed by atoms with van der Waals surface area (Å²) in [6.07, 6.45) is 2.13. The molecular weight excluding hydrogens is 336 g/mol. The van der Waals surface area contributed by atoms with Gasteiger partial charge in [0.1, 0.15) is 5.82 Å². The van der Waals surface area contributed by atoms with Gasteiger partial charge < -0.3 is 10.2 Å². The molecule has 1 N–H and O–H groups in total. The highest BCUT2D eigenvalue weighted by atomic mass is 16.2. The third-order valence-corrected chi connectivity index (χ3v) is 5.48. The Balaban J connectivity index is 1.59. The Morgan fingerprint density at radius 3 is 2.59 bits per heavy atom. The maximum absolute atomic E-state index is 12.9. The molecule has 1 fully saturated rings. The number of carbonyl (C=O) groups excluding carboxylic acids is 1. The number of imidazole rings is 1. The van der Waals surface area contributed by atoms with Gasteiger partial charge in [0.15, 0.2) is 0 Å². The van der Waals surface area contributed by atoms with Gasteiger partial charge in [-0.1, -0.05) is 18.2 Å². The number of para-hydroxylation sites is 1. The van der Waals surface area contributed by atoms with Crippen LogP contribution in [0, 0.1) is 12.8 Å². The van der Waals surface area contributed by atoms with E-state index < -0.39 is 0 Å². The van der Waals surface area contributed by atoms with E-state index in [1.54, 1.807) is 0 Å².